The second-order valence-corrected chi connectivity index (χ2v) is 4.51. The smallest absolute Gasteiger partial charge is 0.303 e. The van der Waals surface area contributed by atoms with Crippen LogP contribution in [0.1, 0.15) is 26.2 Å². The SMILES string of the molecule is CCOC(=C=O)NCC(=C=O)NCC(=C=O)NCCCCC(=O)O. The summed E-state index contributed by atoms with van der Waals surface area (Å²) in [4.78, 5) is 42.5. The van der Waals surface area contributed by atoms with Crippen LogP contribution in [0.2, 0.25) is 0 Å². The normalized spacial score (nSPS) is 8.88. The number of hydrogen-bond donors (Lipinski definition) is 4. The molecule has 0 radical (unpaired) electrons. The van der Waals surface area contributed by atoms with Gasteiger partial charge in [-0.1, -0.05) is 0 Å². The molecule has 0 aliphatic rings. The van der Waals surface area contributed by atoms with Crippen molar-refractivity contribution in [2.45, 2.75) is 26.2 Å². The van der Waals surface area contributed by atoms with E-state index in [-0.39, 0.29) is 43.4 Å². The van der Waals surface area contributed by atoms with Gasteiger partial charge in [0.15, 0.2) is 5.94 Å². The van der Waals surface area contributed by atoms with Gasteiger partial charge in [0.25, 0.3) is 5.88 Å². The molecule has 24 heavy (non-hydrogen) atoms. The van der Waals surface area contributed by atoms with E-state index in [0.29, 0.717) is 19.4 Å². The van der Waals surface area contributed by atoms with E-state index >= 15 is 0 Å². The molecule has 0 saturated heterocycles. The van der Waals surface area contributed by atoms with Crippen LogP contribution in [-0.2, 0) is 23.9 Å². The molecule has 132 valence electrons. The van der Waals surface area contributed by atoms with Crippen LogP contribution in [0.25, 0.3) is 0 Å². The summed E-state index contributed by atoms with van der Waals surface area (Å²) in [5, 5.41) is 16.5. The van der Waals surface area contributed by atoms with Gasteiger partial charge in [0.2, 0.25) is 0 Å². The van der Waals surface area contributed by atoms with E-state index in [2.05, 4.69) is 16.0 Å². The van der Waals surface area contributed by atoms with E-state index in [9.17, 15) is 19.2 Å². The highest BCUT2D eigenvalue weighted by Crippen LogP contribution is 1.95. The van der Waals surface area contributed by atoms with Crippen molar-refractivity contribution in [3.8, 4) is 0 Å². The van der Waals surface area contributed by atoms with Crippen molar-refractivity contribution in [2.24, 2.45) is 0 Å². The number of unbranched alkanes of at least 4 members (excludes halogenated alkanes) is 1. The first kappa shape index (κ1) is 21.0. The number of ether oxygens (including phenoxy) is 1. The quantitative estimate of drug-likeness (QED) is 0.181. The molecular weight excluding hydrogens is 318 g/mol. The molecule has 4 N–H and O–H groups in total. The van der Waals surface area contributed by atoms with E-state index < -0.39 is 5.97 Å². The van der Waals surface area contributed by atoms with E-state index in [1.165, 1.54) is 0 Å². The Morgan fingerprint density at radius 3 is 2.12 bits per heavy atom. The van der Waals surface area contributed by atoms with Gasteiger partial charge >= 0.3 is 5.97 Å². The van der Waals surface area contributed by atoms with Crippen molar-refractivity contribution in [3.63, 3.8) is 0 Å². The zero-order chi connectivity index (χ0) is 18.2. The predicted octanol–water partition coefficient (Wildman–Crippen LogP) is -0.849. The van der Waals surface area contributed by atoms with Crippen molar-refractivity contribution >= 4 is 23.8 Å². The molecule has 9 heteroatoms. The summed E-state index contributed by atoms with van der Waals surface area (Å²) in [5.74, 6) is 3.90. The summed E-state index contributed by atoms with van der Waals surface area (Å²) in [6.07, 6.45) is 1.14. The third-order valence-electron chi connectivity index (χ3n) is 2.69. The third kappa shape index (κ3) is 10.7. The van der Waals surface area contributed by atoms with Gasteiger partial charge in [0.05, 0.1) is 19.7 Å². The molecule has 0 rings (SSSR count). The Labute approximate surface area is 139 Å². The Bertz CT molecular complexity index is 556. The van der Waals surface area contributed by atoms with Gasteiger partial charge in [0.1, 0.15) is 23.3 Å². The fraction of sp³-hybridized carbons (Fsp3) is 0.533. The van der Waals surface area contributed by atoms with Crippen molar-refractivity contribution in [2.75, 3.05) is 26.2 Å². The molecule has 0 unspecified atom stereocenters. The molecule has 0 bridgehead atoms. The van der Waals surface area contributed by atoms with Crippen LogP contribution in [0.3, 0.4) is 0 Å². The van der Waals surface area contributed by atoms with Gasteiger partial charge < -0.3 is 25.8 Å². The van der Waals surface area contributed by atoms with Crippen molar-refractivity contribution in [1.82, 2.24) is 16.0 Å². The van der Waals surface area contributed by atoms with Gasteiger partial charge in [-0.05, 0) is 19.8 Å². The van der Waals surface area contributed by atoms with E-state index in [1.54, 1.807) is 24.7 Å². The van der Waals surface area contributed by atoms with Crippen LogP contribution in [0.5, 0.6) is 0 Å². The minimum Gasteiger partial charge on any atom is -0.481 e. The molecule has 0 aromatic rings. The Kier molecular flexibility index (Phi) is 12.0. The van der Waals surface area contributed by atoms with Crippen molar-refractivity contribution < 1.29 is 29.0 Å². The molecule has 0 aliphatic heterocycles. The predicted molar refractivity (Wildman–Crippen MR) is 84.7 cm³/mol. The maximum absolute atomic E-state index is 10.8. The van der Waals surface area contributed by atoms with E-state index in [1.807, 2.05) is 0 Å². The molecular formula is C15H21N3O6. The summed E-state index contributed by atoms with van der Waals surface area (Å²) in [7, 11) is 0. The summed E-state index contributed by atoms with van der Waals surface area (Å²) >= 11 is 0. The first-order valence-corrected chi connectivity index (χ1v) is 7.36. The number of carbonyl (C=O) groups is 1. The van der Waals surface area contributed by atoms with Crippen LogP contribution >= 0.6 is 0 Å². The molecule has 0 aromatic heterocycles. The molecule has 0 saturated carbocycles. The lowest BCUT2D eigenvalue weighted by Crippen LogP contribution is -2.31. The lowest BCUT2D eigenvalue weighted by molar-refractivity contribution is -0.137. The van der Waals surface area contributed by atoms with Crippen molar-refractivity contribution in [3.05, 3.63) is 17.3 Å². The molecule has 0 heterocycles. The first-order chi connectivity index (χ1) is 11.6. The molecule has 0 aliphatic carbocycles. The van der Waals surface area contributed by atoms with Crippen LogP contribution in [-0.4, -0.2) is 55.1 Å². The lowest BCUT2D eigenvalue weighted by atomic mass is 10.2. The molecule has 0 aromatic carbocycles. The maximum Gasteiger partial charge on any atom is 0.303 e. The molecule has 0 atom stereocenters. The fourth-order valence-electron chi connectivity index (χ4n) is 1.53. The molecule has 0 fully saturated rings. The van der Waals surface area contributed by atoms with Crippen LogP contribution in [0, 0.1) is 0 Å². The zero-order valence-electron chi connectivity index (χ0n) is 13.4. The Morgan fingerprint density at radius 2 is 1.58 bits per heavy atom. The van der Waals surface area contributed by atoms with Gasteiger partial charge in [-0.15, -0.1) is 0 Å². The summed E-state index contributed by atoms with van der Waals surface area (Å²) in [5.41, 5.74) is 0.275. The number of aliphatic carboxylic acids is 1. The van der Waals surface area contributed by atoms with Crippen LogP contribution < -0.4 is 16.0 Å². The molecule has 0 amide bonds. The van der Waals surface area contributed by atoms with Crippen molar-refractivity contribution in [1.29, 1.82) is 0 Å². The number of rotatable bonds is 14. The van der Waals surface area contributed by atoms with Gasteiger partial charge in [-0.25, -0.2) is 14.4 Å². The van der Waals surface area contributed by atoms with Gasteiger partial charge in [-0.2, -0.15) is 0 Å². The number of carboxylic acid groups (broad SMARTS) is 1. The largest absolute Gasteiger partial charge is 0.481 e. The summed E-state index contributed by atoms with van der Waals surface area (Å²) in [6, 6.07) is 0. The van der Waals surface area contributed by atoms with Crippen LogP contribution in [0.15, 0.2) is 17.3 Å². The Morgan fingerprint density at radius 1 is 0.958 bits per heavy atom. The molecule has 9 nitrogen and oxygen atoms in total. The Balaban J connectivity index is 4.16. The number of carbonyl (C=O) groups excluding carboxylic acids is 3. The fourth-order valence-corrected chi connectivity index (χ4v) is 1.53. The minimum absolute atomic E-state index is 0.0173. The van der Waals surface area contributed by atoms with Gasteiger partial charge in [0, 0.05) is 13.0 Å². The molecule has 0 spiro atoms. The number of hydrogen-bond acceptors (Lipinski definition) is 8. The standard InChI is InChI=1S/C15H21N3O6/c1-2-24-14(11-21)18-8-13(10-20)17-7-12(9-19)16-6-4-3-5-15(22)23/h16-18H,2-8H2,1H3,(H,22,23). The average molecular weight is 339 g/mol. The number of nitrogens with one attached hydrogen (secondary N) is 3. The highest BCUT2D eigenvalue weighted by atomic mass is 16.5. The maximum atomic E-state index is 10.8. The second kappa shape index (κ2) is 13.7. The highest BCUT2D eigenvalue weighted by Gasteiger charge is 2.04. The average Bonchev–Trinajstić information content (AvgIpc) is 2.58. The lowest BCUT2D eigenvalue weighted by Gasteiger charge is -2.12. The summed E-state index contributed by atoms with van der Waals surface area (Å²) in [6.45, 7) is 2.36. The van der Waals surface area contributed by atoms with Gasteiger partial charge in [-0.3, -0.25) is 4.79 Å². The first-order valence-electron chi connectivity index (χ1n) is 7.36. The summed E-state index contributed by atoms with van der Waals surface area (Å²) < 4.78 is 4.92. The monoisotopic (exact) mass is 339 g/mol. The third-order valence-corrected chi connectivity index (χ3v) is 2.69. The van der Waals surface area contributed by atoms with E-state index in [0.717, 1.165) is 0 Å². The van der Waals surface area contributed by atoms with E-state index in [4.69, 9.17) is 9.84 Å². The zero-order valence-corrected chi connectivity index (χ0v) is 13.4. The van der Waals surface area contributed by atoms with Crippen LogP contribution in [0.4, 0.5) is 0 Å². The Hall–Kier alpha value is -2.98. The number of carboxylic acids is 1. The highest BCUT2D eigenvalue weighted by molar-refractivity contribution is 5.66. The minimum atomic E-state index is -0.869. The topological polar surface area (TPSA) is 134 Å². The second-order valence-electron chi connectivity index (χ2n) is 4.51.